The second-order valence-electron chi connectivity index (χ2n) is 6.03. The van der Waals surface area contributed by atoms with Gasteiger partial charge in [0.2, 0.25) is 0 Å². The average Bonchev–Trinajstić information content (AvgIpc) is 3.23. The summed E-state index contributed by atoms with van der Waals surface area (Å²) in [7, 11) is 0. The SMILES string of the molecule is CCNc1cc(NC(C)CC2CC2)nc(C2CC2)n1. The molecule has 2 aliphatic carbocycles. The van der Waals surface area contributed by atoms with Crippen molar-refractivity contribution in [1.82, 2.24) is 9.97 Å². The number of hydrogen-bond acceptors (Lipinski definition) is 4. The van der Waals surface area contributed by atoms with Crippen LogP contribution in [0.5, 0.6) is 0 Å². The van der Waals surface area contributed by atoms with Crippen LogP contribution in [-0.2, 0) is 0 Å². The van der Waals surface area contributed by atoms with E-state index in [1.165, 1.54) is 32.1 Å². The lowest BCUT2D eigenvalue weighted by Gasteiger charge is -2.15. The number of hydrogen-bond donors (Lipinski definition) is 2. The molecule has 2 N–H and O–H groups in total. The molecule has 0 aromatic carbocycles. The minimum absolute atomic E-state index is 0.504. The molecule has 2 fully saturated rings. The highest BCUT2D eigenvalue weighted by Crippen LogP contribution is 2.39. The molecule has 104 valence electrons. The molecule has 19 heavy (non-hydrogen) atoms. The zero-order chi connectivity index (χ0) is 13.2. The van der Waals surface area contributed by atoms with Gasteiger partial charge in [0, 0.05) is 24.6 Å². The Labute approximate surface area is 115 Å². The second-order valence-corrected chi connectivity index (χ2v) is 6.03. The molecule has 0 aliphatic heterocycles. The highest BCUT2D eigenvalue weighted by molar-refractivity contribution is 5.48. The van der Waals surface area contributed by atoms with Crippen molar-refractivity contribution in [2.24, 2.45) is 5.92 Å². The first-order valence-corrected chi connectivity index (χ1v) is 7.64. The van der Waals surface area contributed by atoms with E-state index in [-0.39, 0.29) is 0 Å². The van der Waals surface area contributed by atoms with Gasteiger partial charge in [-0.3, -0.25) is 0 Å². The topological polar surface area (TPSA) is 49.8 Å². The molecule has 0 bridgehead atoms. The van der Waals surface area contributed by atoms with Gasteiger partial charge in [-0.25, -0.2) is 9.97 Å². The summed E-state index contributed by atoms with van der Waals surface area (Å²) >= 11 is 0. The zero-order valence-corrected chi connectivity index (χ0v) is 11.9. The average molecular weight is 260 g/mol. The smallest absolute Gasteiger partial charge is 0.136 e. The van der Waals surface area contributed by atoms with Crippen molar-refractivity contribution in [2.75, 3.05) is 17.2 Å². The van der Waals surface area contributed by atoms with Crippen molar-refractivity contribution >= 4 is 11.6 Å². The Bertz CT molecular complexity index is 438. The van der Waals surface area contributed by atoms with Crippen LogP contribution in [0.1, 0.15) is 57.7 Å². The van der Waals surface area contributed by atoms with Gasteiger partial charge in [0.25, 0.3) is 0 Å². The number of nitrogens with zero attached hydrogens (tertiary/aromatic N) is 2. The van der Waals surface area contributed by atoms with Crippen LogP contribution in [0.15, 0.2) is 6.07 Å². The lowest BCUT2D eigenvalue weighted by Crippen LogP contribution is -2.17. The molecule has 1 unspecified atom stereocenters. The molecule has 4 heteroatoms. The molecule has 3 rings (SSSR count). The molecule has 1 heterocycles. The Balaban J connectivity index is 1.70. The molecule has 0 radical (unpaired) electrons. The Morgan fingerprint density at radius 2 is 1.95 bits per heavy atom. The molecule has 2 aliphatic rings. The van der Waals surface area contributed by atoms with Crippen LogP contribution in [0.2, 0.25) is 0 Å². The van der Waals surface area contributed by atoms with Crippen LogP contribution >= 0.6 is 0 Å². The summed E-state index contributed by atoms with van der Waals surface area (Å²) in [6.07, 6.45) is 6.57. The third kappa shape index (κ3) is 3.58. The normalized spacial score (nSPS) is 20.1. The van der Waals surface area contributed by atoms with Crippen molar-refractivity contribution in [3.8, 4) is 0 Å². The Kier molecular flexibility index (Phi) is 3.58. The summed E-state index contributed by atoms with van der Waals surface area (Å²) in [5.74, 6) is 4.50. The third-order valence-corrected chi connectivity index (χ3v) is 3.82. The van der Waals surface area contributed by atoms with Gasteiger partial charge in [-0.05, 0) is 39.0 Å². The van der Waals surface area contributed by atoms with E-state index in [0.717, 1.165) is 29.9 Å². The van der Waals surface area contributed by atoms with Crippen molar-refractivity contribution in [2.45, 2.75) is 57.9 Å². The summed E-state index contributed by atoms with van der Waals surface area (Å²) in [6, 6.07) is 2.54. The van der Waals surface area contributed by atoms with E-state index in [1.807, 2.05) is 6.07 Å². The highest BCUT2D eigenvalue weighted by atomic mass is 15.1. The minimum Gasteiger partial charge on any atom is -0.370 e. The van der Waals surface area contributed by atoms with Crippen molar-refractivity contribution in [3.05, 3.63) is 11.9 Å². The van der Waals surface area contributed by atoms with Crippen molar-refractivity contribution in [3.63, 3.8) is 0 Å². The molecule has 0 saturated heterocycles. The molecule has 4 nitrogen and oxygen atoms in total. The fraction of sp³-hybridized carbons (Fsp3) is 0.733. The van der Waals surface area contributed by atoms with Crippen LogP contribution in [0.3, 0.4) is 0 Å². The van der Waals surface area contributed by atoms with E-state index in [1.54, 1.807) is 0 Å². The first kappa shape index (κ1) is 12.7. The predicted molar refractivity (Wildman–Crippen MR) is 78.6 cm³/mol. The van der Waals surface area contributed by atoms with Gasteiger partial charge in [0.1, 0.15) is 17.5 Å². The van der Waals surface area contributed by atoms with Crippen LogP contribution in [-0.4, -0.2) is 22.6 Å². The number of nitrogens with one attached hydrogen (secondary N) is 2. The van der Waals surface area contributed by atoms with Crippen LogP contribution in [0.25, 0.3) is 0 Å². The molecular weight excluding hydrogens is 236 g/mol. The second kappa shape index (κ2) is 5.35. The maximum absolute atomic E-state index is 4.68. The molecule has 1 aromatic rings. The molecule has 2 saturated carbocycles. The number of rotatable bonds is 7. The monoisotopic (exact) mass is 260 g/mol. The van der Waals surface area contributed by atoms with E-state index < -0.39 is 0 Å². The molecule has 0 spiro atoms. The Morgan fingerprint density at radius 3 is 2.58 bits per heavy atom. The quantitative estimate of drug-likeness (QED) is 0.789. The maximum atomic E-state index is 4.68. The van der Waals surface area contributed by atoms with Crippen LogP contribution in [0.4, 0.5) is 11.6 Å². The van der Waals surface area contributed by atoms with Gasteiger partial charge in [-0.2, -0.15) is 0 Å². The van der Waals surface area contributed by atoms with E-state index in [9.17, 15) is 0 Å². The first-order valence-electron chi connectivity index (χ1n) is 7.64. The molecule has 1 atom stereocenters. The number of anilines is 2. The summed E-state index contributed by atoms with van der Waals surface area (Å²) in [5.41, 5.74) is 0. The highest BCUT2D eigenvalue weighted by Gasteiger charge is 2.28. The first-order chi connectivity index (χ1) is 9.24. The summed E-state index contributed by atoms with van der Waals surface area (Å²) in [5, 5.41) is 6.85. The van der Waals surface area contributed by atoms with Crippen molar-refractivity contribution < 1.29 is 0 Å². The Morgan fingerprint density at radius 1 is 1.21 bits per heavy atom. The summed E-state index contributed by atoms with van der Waals surface area (Å²) in [6.45, 7) is 5.25. The zero-order valence-electron chi connectivity index (χ0n) is 11.9. The van der Waals surface area contributed by atoms with Crippen LogP contribution in [0, 0.1) is 5.92 Å². The van der Waals surface area contributed by atoms with Gasteiger partial charge in [0.15, 0.2) is 0 Å². The fourth-order valence-corrected chi connectivity index (χ4v) is 2.50. The van der Waals surface area contributed by atoms with Gasteiger partial charge >= 0.3 is 0 Å². The summed E-state index contributed by atoms with van der Waals surface area (Å²) in [4.78, 5) is 9.29. The standard InChI is InChI=1S/C15H24N4/c1-3-16-13-9-14(17-10(2)8-11-4-5-11)19-15(18-13)12-6-7-12/h9-12H,3-8H2,1-2H3,(H2,16,17,18,19). The maximum Gasteiger partial charge on any atom is 0.136 e. The number of aromatic nitrogens is 2. The van der Waals surface area contributed by atoms with Gasteiger partial charge < -0.3 is 10.6 Å². The molecular formula is C15H24N4. The Hall–Kier alpha value is -1.32. The van der Waals surface area contributed by atoms with E-state index in [0.29, 0.717) is 12.0 Å². The molecule has 1 aromatic heterocycles. The fourth-order valence-electron chi connectivity index (χ4n) is 2.50. The van der Waals surface area contributed by atoms with Crippen molar-refractivity contribution in [1.29, 1.82) is 0 Å². The van der Waals surface area contributed by atoms with Gasteiger partial charge in [0.05, 0.1) is 0 Å². The lowest BCUT2D eigenvalue weighted by atomic mass is 10.1. The van der Waals surface area contributed by atoms with E-state index >= 15 is 0 Å². The third-order valence-electron chi connectivity index (χ3n) is 3.82. The summed E-state index contributed by atoms with van der Waals surface area (Å²) < 4.78 is 0. The lowest BCUT2D eigenvalue weighted by molar-refractivity contribution is 0.639. The van der Waals surface area contributed by atoms with Gasteiger partial charge in [-0.15, -0.1) is 0 Å². The van der Waals surface area contributed by atoms with E-state index in [2.05, 4.69) is 34.4 Å². The predicted octanol–water partition coefficient (Wildman–Crippen LogP) is 3.39. The molecule has 0 amide bonds. The largest absolute Gasteiger partial charge is 0.370 e. The van der Waals surface area contributed by atoms with E-state index in [4.69, 9.17) is 0 Å². The van der Waals surface area contributed by atoms with Crippen LogP contribution < -0.4 is 10.6 Å². The minimum atomic E-state index is 0.504. The van der Waals surface area contributed by atoms with Gasteiger partial charge in [-0.1, -0.05) is 12.8 Å².